The van der Waals surface area contributed by atoms with Gasteiger partial charge in [0, 0.05) is 13.0 Å². The fraction of sp³-hybridized carbons (Fsp3) is 0.240. The molecule has 0 spiro atoms. The standard InChI is InChI=1S/C25H24N4O3S4/c1-2-16-9-11-17(12-10-16)14-20-23(32)29(25(33)36-20)13-5-8-21(30)27-28-22(31)15-34-24-26-18-6-3-4-7-19(18)35-24/h3-4,6-7,9-12,14H,2,5,8,13,15H2,1H3,(H,27,30)(H,28,31)/b20-14-. The Morgan fingerprint density at radius 1 is 1.11 bits per heavy atom. The Bertz CT molecular complexity index is 1290. The number of para-hydroxylation sites is 1. The second kappa shape index (κ2) is 12.5. The Labute approximate surface area is 227 Å². The van der Waals surface area contributed by atoms with Gasteiger partial charge in [0.2, 0.25) is 11.8 Å². The van der Waals surface area contributed by atoms with Crippen LogP contribution in [-0.4, -0.2) is 44.2 Å². The number of aryl methyl sites for hydroxylation is 1. The van der Waals surface area contributed by atoms with Crippen molar-refractivity contribution < 1.29 is 14.4 Å². The minimum atomic E-state index is -0.328. The molecule has 3 amide bonds. The van der Waals surface area contributed by atoms with E-state index in [1.165, 1.54) is 45.3 Å². The van der Waals surface area contributed by atoms with Gasteiger partial charge in [0.25, 0.3) is 5.91 Å². The summed E-state index contributed by atoms with van der Waals surface area (Å²) in [5, 5.41) is 0. The van der Waals surface area contributed by atoms with Crippen molar-refractivity contribution in [3.05, 3.63) is 64.6 Å². The molecule has 3 aromatic rings. The molecule has 4 rings (SSSR count). The highest BCUT2D eigenvalue weighted by Crippen LogP contribution is 2.33. The van der Waals surface area contributed by atoms with Crippen LogP contribution in [0.3, 0.4) is 0 Å². The van der Waals surface area contributed by atoms with Gasteiger partial charge in [0.1, 0.15) is 4.32 Å². The number of fused-ring (bicyclic) bond motifs is 1. The number of amides is 3. The zero-order chi connectivity index (χ0) is 25.5. The summed E-state index contributed by atoms with van der Waals surface area (Å²) in [5.41, 5.74) is 7.93. The smallest absolute Gasteiger partial charge is 0.266 e. The zero-order valence-corrected chi connectivity index (χ0v) is 22.7. The first kappa shape index (κ1) is 26.3. The van der Waals surface area contributed by atoms with Gasteiger partial charge < -0.3 is 0 Å². The SMILES string of the molecule is CCc1ccc(/C=C2\SC(=S)N(CCCC(=O)NNC(=O)CSc3nc4ccccc4s3)C2=O)cc1. The number of benzene rings is 2. The third-order valence-electron chi connectivity index (χ3n) is 5.29. The molecule has 0 aliphatic carbocycles. The number of rotatable bonds is 9. The molecule has 186 valence electrons. The highest BCUT2D eigenvalue weighted by Gasteiger charge is 2.31. The van der Waals surface area contributed by atoms with E-state index in [4.69, 9.17) is 12.2 Å². The monoisotopic (exact) mass is 556 g/mol. The molecular weight excluding hydrogens is 533 g/mol. The molecule has 2 heterocycles. The number of carbonyl (C=O) groups excluding carboxylic acids is 3. The molecule has 0 saturated carbocycles. The molecule has 0 unspecified atom stereocenters. The second-order valence-electron chi connectivity index (χ2n) is 7.86. The predicted octanol–water partition coefficient (Wildman–Crippen LogP) is 4.78. The van der Waals surface area contributed by atoms with Crippen molar-refractivity contribution in [2.24, 2.45) is 0 Å². The van der Waals surface area contributed by atoms with Crippen LogP contribution in [0.5, 0.6) is 0 Å². The lowest BCUT2D eigenvalue weighted by Crippen LogP contribution is -2.42. The third-order valence-corrected chi connectivity index (χ3v) is 8.84. The van der Waals surface area contributed by atoms with Crippen molar-refractivity contribution in [3.8, 4) is 0 Å². The average molecular weight is 557 g/mol. The van der Waals surface area contributed by atoms with Gasteiger partial charge in [-0.15, -0.1) is 11.3 Å². The van der Waals surface area contributed by atoms with Crippen molar-refractivity contribution >= 4 is 85.4 Å². The summed E-state index contributed by atoms with van der Waals surface area (Å²) in [7, 11) is 0. The number of thioether (sulfide) groups is 2. The van der Waals surface area contributed by atoms with E-state index in [0.717, 1.165) is 26.5 Å². The average Bonchev–Trinajstić information content (AvgIpc) is 3.42. The van der Waals surface area contributed by atoms with E-state index in [1.54, 1.807) is 0 Å². The molecule has 0 radical (unpaired) electrons. The quantitative estimate of drug-likeness (QED) is 0.170. The molecule has 2 aromatic carbocycles. The second-order valence-corrected chi connectivity index (χ2v) is 11.8. The number of aromatic nitrogens is 1. The number of nitrogens with zero attached hydrogens (tertiary/aromatic N) is 2. The lowest BCUT2D eigenvalue weighted by molar-refractivity contribution is -0.128. The van der Waals surface area contributed by atoms with Crippen molar-refractivity contribution in [1.82, 2.24) is 20.7 Å². The molecule has 1 aromatic heterocycles. The number of thiocarbonyl (C=S) groups is 1. The van der Waals surface area contributed by atoms with Crippen LogP contribution in [0.15, 0.2) is 57.8 Å². The van der Waals surface area contributed by atoms with Crippen molar-refractivity contribution in [3.63, 3.8) is 0 Å². The van der Waals surface area contributed by atoms with Gasteiger partial charge in [-0.05, 0) is 42.2 Å². The number of hydrogen-bond donors (Lipinski definition) is 2. The number of nitrogens with one attached hydrogen (secondary N) is 2. The van der Waals surface area contributed by atoms with Crippen LogP contribution in [-0.2, 0) is 20.8 Å². The summed E-state index contributed by atoms with van der Waals surface area (Å²) in [5.74, 6) is -0.651. The molecular formula is C25H24N4O3S4. The summed E-state index contributed by atoms with van der Waals surface area (Å²) in [4.78, 5) is 43.5. The highest BCUT2D eigenvalue weighted by atomic mass is 32.2. The van der Waals surface area contributed by atoms with Crippen LogP contribution >= 0.6 is 47.1 Å². The molecule has 36 heavy (non-hydrogen) atoms. The summed E-state index contributed by atoms with van der Waals surface area (Å²) in [6.45, 7) is 2.44. The van der Waals surface area contributed by atoms with Gasteiger partial charge in [-0.1, -0.05) is 79.1 Å². The van der Waals surface area contributed by atoms with E-state index in [2.05, 4.69) is 22.8 Å². The summed E-state index contributed by atoms with van der Waals surface area (Å²) in [6.07, 6.45) is 3.38. The Hall–Kier alpha value is -2.73. The normalized spacial score (nSPS) is 14.6. The first-order valence-electron chi connectivity index (χ1n) is 11.3. The van der Waals surface area contributed by atoms with Gasteiger partial charge in [-0.25, -0.2) is 4.98 Å². The molecule has 0 atom stereocenters. The van der Waals surface area contributed by atoms with Crippen LogP contribution in [0.1, 0.15) is 30.9 Å². The maximum atomic E-state index is 12.8. The Morgan fingerprint density at radius 3 is 2.61 bits per heavy atom. The van der Waals surface area contributed by atoms with E-state index < -0.39 is 0 Å². The minimum absolute atomic E-state index is 0.143. The van der Waals surface area contributed by atoms with Crippen LogP contribution in [0.25, 0.3) is 16.3 Å². The number of hydrazine groups is 1. The van der Waals surface area contributed by atoms with Gasteiger partial charge in [-0.2, -0.15) is 0 Å². The first-order valence-corrected chi connectivity index (χ1v) is 14.4. The fourth-order valence-corrected chi connectivity index (χ4v) is 6.55. The van der Waals surface area contributed by atoms with Crippen LogP contribution < -0.4 is 10.9 Å². The summed E-state index contributed by atoms with van der Waals surface area (Å²) >= 11 is 9.48. The molecule has 1 aliphatic rings. The third kappa shape index (κ3) is 6.94. The maximum absolute atomic E-state index is 12.8. The lowest BCUT2D eigenvalue weighted by Gasteiger charge is -2.14. The zero-order valence-electron chi connectivity index (χ0n) is 19.5. The predicted molar refractivity (Wildman–Crippen MR) is 152 cm³/mol. The van der Waals surface area contributed by atoms with Gasteiger partial charge in [0.15, 0.2) is 4.34 Å². The number of hydrogen-bond acceptors (Lipinski definition) is 8. The highest BCUT2D eigenvalue weighted by molar-refractivity contribution is 8.26. The molecule has 0 bridgehead atoms. The topological polar surface area (TPSA) is 91.4 Å². The first-order chi connectivity index (χ1) is 17.4. The van der Waals surface area contributed by atoms with Gasteiger partial charge in [0.05, 0.1) is 20.9 Å². The van der Waals surface area contributed by atoms with Gasteiger partial charge in [-0.3, -0.25) is 30.1 Å². The molecule has 1 aliphatic heterocycles. The maximum Gasteiger partial charge on any atom is 0.266 e. The van der Waals surface area contributed by atoms with E-state index >= 15 is 0 Å². The van der Waals surface area contributed by atoms with E-state index in [0.29, 0.717) is 22.2 Å². The molecule has 7 nitrogen and oxygen atoms in total. The van der Waals surface area contributed by atoms with Crippen LogP contribution in [0, 0.1) is 0 Å². The van der Waals surface area contributed by atoms with Crippen molar-refractivity contribution in [2.75, 3.05) is 12.3 Å². The van der Waals surface area contributed by atoms with Crippen molar-refractivity contribution in [1.29, 1.82) is 0 Å². The number of carbonyl (C=O) groups is 3. The Balaban J connectivity index is 1.17. The largest absolute Gasteiger partial charge is 0.293 e. The lowest BCUT2D eigenvalue weighted by atomic mass is 10.1. The minimum Gasteiger partial charge on any atom is -0.293 e. The van der Waals surface area contributed by atoms with Crippen molar-refractivity contribution in [2.45, 2.75) is 30.5 Å². The van der Waals surface area contributed by atoms with E-state index in [1.807, 2.05) is 54.6 Å². The summed E-state index contributed by atoms with van der Waals surface area (Å²) < 4.78 is 2.35. The van der Waals surface area contributed by atoms with E-state index in [9.17, 15) is 14.4 Å². The van der Waals surface area contributed by atoms with E-state index in [-0.39, 0.29) is 29.9 Å². The fourth-order valence-electron chi connectivity index (χ4n) is 3.37. The Kier molecular flexibility index (Phi) is 9.13. The van der Waals surface area contributed by atoms with Gasteiger partial charge >= 0.3 is 0 Å². The molecule has 1 saturated heterocycles. The Morgan fingerprint density at radius 2 is 1.86 bits per heavy atom. The molecule has 11 heteroatoms. The van der Waals surface area contributed by atoms with Crippen LogP contribution in [0.4, 0.5) is 0 Å². The molecule has 2 N–H and O–H groups in total. The van der Waals surface area contributed by atoms with Crippen LogP contribution in [0.2, 0.25) is 0 Å². The number of thiazole rings is 1. The molecule has 1 fully saturated rings. The summed E-state index contributed by atoms with van der Waals surface area (Å²) in [6, 6.07) is 15.9.